The van der Waals surface area contributed by atoms with E-state index in [1.54, 1.807) is 0 Å². The Bertz CT molecular complexity index is 754. The second kappa shape index (κ2) is 8.12. The zero-order valence-corrected chi connectivity index (χ0v) is 14.5. The van der Waals surface area contributed by atoms with Crippen molar-refractivity contribution >= 4 is 22.6 Å². The van der Waals surface area contributed by atoms with E-state index in [2.05, 4.69) is 29.6 Å². The molecule has 0 spiro atoms. The molecule has 2 aromatic carbocycles. The van der Waals surface area contributed by atoms with Gasteiger partial charge < -0.3 is 15.0 Å². The molecular weight excluding hydrogens is 316 g/mol. The van der Waals surface area contributed by atoms with Gasteiger partial charge in [0.05, 0.1) is 12.6 Å². The average Bonchev–Trinajstić information content (AvgIpc) is 2.94. The van der Waals surface area contributed by atoms with Crippen LogP contribution in [0.4, 0.5) is 0 Å². The highest BCUT2D eigenvalue weighted by molar-refractivity contribution is 5.87. The molecule has 1 N–H and O–H groups in total. The summed E-state index contributed by atoms with van der Waals surface area (Å²) in [5, 5.41) is 5.28. The third-order valence-electron chi connectivity index (χ3n) is 4.50. The summed E-state index contributed by atoms with van der Waals surface area (Å²) in [5.41, 5.74) is 1.13. The third-order valence-corrected chi connectivity index (χ3v) is 4.50. The Labute approximate surface area is 148 Å². The van der Waals surface area contributed by atoms with E-state index in [1.807, 2.05) is 30.0 Å². The second-order valence-electron chi connectivity index (χ2n) is 6.33. The Balaban J connectivity index is 1.60. The van der Waals surface area contributed by atoms with Crippen molar-refractivity contribution in [1.82, 2.24) is 10.2 Å². The van der Waals surface area contributed by atoms with Crippen LogP contribution in [0, 0.1) is 0 Å². The number of carbonyl (C=O) groups is 2. The van der Waals surface area contributed by atoms with Crippen LogP contribution in [0.5, 0.6) is 0 Å². The van der Waals surface area contributed by atoms with Gasteiger partial charge in [0.2, 0.25) is 11.8 Å². The normalized spacial score (nSPS) is 17.2. The molecule has 0 saturated carbocycles. The number of nitrogens with zero attached hydrogens (tertiary/aromatic N) is 1. The van der Waals surface area contributed by atoms with Gasteiger partial charge in [0, 0.05) is 32.5 Å². The lowest BCUT2D eigenvalue weighted by atomic mass is 10.0. The third kappa shape index (κ3) is 4.37. The fourth-order valence-electron chi connectivity index (χ4n) is 3.27. The van der Waals surface area contributed by atoms with E-state index in [-0.39, 0.29) is 17.9 Å². The van der Waals surface area contributed by atoms with Crippen LogP contribution in [-0.4, -0.2) is 42.5 Å². The molecule has 1 saturated heterocycles. The highest BCUT2D eigenvalue weighted by Crippen LogP contribution is 2.22. The van der Waals surface area contributed by atoms with Gasteiger partial charge >= 0.3 is 0 Å². The summed E-state index contributed by atoms with van der Waals surface area (Å²) in [6.07, 6.45) is 0.701. The number of rotatable bonds is 7. The van der Waals surface area contributed by atoms with E-state index in [9.17, 15) is 9.59 Å². The largest absolute Gasteiger partial charge is 0.381 e. The molecule has 2 aromatic rings. The van der Waals surface area contributed by atoms with Crippen LogP contribution in [0.3, 0.4) is 0 Å². The number of fused-ring (bicyclic) bond motifs is 1. The quantitative estimate of drug-likeness (QED) is 0.788. The fourth-order valence-corrected chi connectivity index (χ4v) is 3.27. The second-order valence-corrected chi connectivity index (χ2v) is 6.33. The monoisotopic (exact) mass is 340 g/mol. The number of benzene rings is 2. The zero-order chi connectivity index (χ0) is 17.6. The number of amides is 2. The minimum absolute atomic E-state index is 0.0572. The van der Waals surface area contributed by atoms with Gasteiger partial charge in [-0.25, -0.2) is 0 Å². The molecule has 1 atom stereocenters. The summed E-state index contributed by atoms with van der Waals surface area (Å²) in [5.74, 6) is 0.0290. The van der Waals surface area contributed by atoms with Crippen molar-refractivity contribution in [2.24, 2.45) is 0 Å². The number of ether oxygens (including phenoxy) is 1. The van der Waals surface area contributed by atoms with E-state index < -0.39 is 0 Å². The van der Waals surface area contributed by atoms with Crippen LogP contribution in [-0.2, 0) is 20.9 Å². The van der Waals surface area contributed by atoms with E-state index >= 15 is 0 Å². The molecule has 0 bridgehead atoms. The maximum absolute atomic E-state index is 12.3. The molecule has 5 heteroatoms. The first kappa shape index (κ1) is 17.4. The Morgan fingerprint density at radius 3 is 2.88 bits per heavy atom. The van der Waals surface area contributed by atoms with E-state index in [1.165, 1.54) is 10.8 Å². The maximum atomic E-state index is 12.3. The van der Waals surface area contributed by atoms with Crippen LogP contribution >= 0.6 is 0 Å². The smallest absolute Gasteiger partial charge is 0.225 e. The Kier molecular flexibility index (Phi) is 5.66. The summed E-state index contributed by atoms with van der Waals surface area (Å²) < 4.78 is 5.19. The number of carbonyl (C=O) groups excluding carboxylic acids is 2. The Hall–Kier alpha value is -2.40. The predicted molar refractivity (Wildman–Crippen MR) is 97.0 cm³/mol. The van der Waals surface area contributed by atoms with Gasteiger partial charge in [0.25, 0.3) is 0 Å². The molecule has 0 radical (unpaired) electrons. The first-order chi connectivity index (χ1) is 12.2. The topological polar surface area (TPSA) is 58.6 Å². The Morgan fingerprint density at radius 1 is 1.24 bits per heavy atom. The van der Waals surface area contributed by atoms with Crippen molar-refractivity contribution in [1.29, 1.82) is 0 Å². The number of likely N-dealkylation sites (tertiary alicyclic amines) is 1. The maximum Gasteiger partial charge on any atom is 0.225 e. The molecule has 1 fully saturated rings. The fraction of sp³-hybridized carbons (Fsp3) is 0.400. The van der Waals surface area contributed by atoms with Gasteiger partial charge in [-0.1, -0.05) is 42.5 Å². The highest BCUT2D eigenvalue weighted by Gasteiger charge is 2.30. The molecule has 132 valence electrons. The molecule has 0 aromatic heterocycles. The summed E-state index contributed by atoms with van der Waals surface area (Å²) in [4.78, 5) is 26.0. The van der Waals surface area contributed by atoms with Gasteiger partial charge in [-0.2, -0.15) is 0 Å². The van der Waals surface area contributed by atoms with E-state index in [0.717, 1.165) is 5.56 Å². The van der Waals surface area contributed by atoms with Gasteiger partial charge in [0.1, 0.15) is 0 Å². The van der Waals surface area contributed by atoms with Gasteiger partial charge in [-0.15, -0.1) is 0 Å². The lowest BCUT2D eigenvalue weighted by Crippen LogP contribution is -2.37. The number of hydrogen-bond donors (Lipinski definition) is 1. The van der Waals surface area contributed by atoms with Crippen molar-refractivity contribution in [2.45, 2.75) is 32.4 Å². The van der Waals surface area contributed by atoms with Crippen LogP contribution in [0.1, 0.15) is 25.3 Å². The average molecular weight is 340 g/mol. The van der Waals surface area contributed by atoms with Gasteiger partial charge in [-0.3, -0.25) is 9.59 Å². The zero-order valence-electron chi connectivity index (χ0n) is 14.5. The minimum Gasteiger partial charge on any atom is -0.381 e. The summed E-state index contributed by atoms with van der Waals surface area (Å²) >= 11 is 0. The molecular formula is C20H24N2O3. The Morgan fingerprint density at radius 2 is 2.04 bits per heavy atom. The molecule has 25 heavy (non-hydrogen) atoms. The summed E-state index contributed by atoms with van der Waals surface area (Å²) in [6.45, 7) is 4.06. The molecule has 1 aliphatic rings. The standard InChI is InChI=1S/C20H24N2O3/c1-2-25-11-10-19(23)21-17-12-20(24)22(14-17)13-16-8-5-7-15-6-3-4-9-18(15)16/h3-9,17H,2,10-14H2,1H3,(H,21,23). The summed E-state index contributed by atoms with van der Waals surface area (Å²) in [6, 6.07) is 14.2. The first-order valence-electron chi connectivity index (χ1n) is 8.79. The van der Waals surface area contributed by atoms with Crippen LogP contribution in [0.25, 0.3) is 10.8 Å². The van der Waals surface area contributed by atoms with Crippen LogP contribution < -0.4 is 5.32 Å². The molecule has 3 rings (SSSR count). The van der Waals surface area contributed by atoms with E-state index in [0.29, 0.717) is 39.1 Å². The lowest BCUT2D eigenvalue weighted by molar-refractivity contribution is -0.128. The van der Waals surface area contributed by atoms with E-state index in [4.69, 9.17) is 4.74 Å². The minimum atomic E-state index is -0.114. The molecule has 1 heterocycles. The van der Waals surface area contributed by atoms with Crippen molar-refractivity contribution in [3.8, 4) is 0 Å². The highest BCUT2D eigenvalue weighted by atomic mass is 16.5. The molecule has 5 nitrogen and oxygen atoms in total. The van der Waals surface area contributed by atoms with Crippen molar-refractivity contribution < 1.29 is 14.3 Å². The molecule has 2 amide bonds. The van der Waals surface area contributed by atoms with Gasteiger partial charge in [-0.05, 0) is 23.3 Å². The van der Waals surface area contributed by atoms with Crippen molar-refractivity contribution in [2.75, 3.05) is 19.8 Å². The lowest BCUT2D eigenvalue weighted by Gasteiger charge is -2.18. The van der Waals surface area contributed by atoms with Crippen molar-refractivity contribution in [3.05, 3.63) is 48.0 Å². The molecule has 1 unspecified atom stereocenters. The van der Waals surface area contributed by atoms with Crippen LogP contribution in [0.2, 0.25) is 0 Å². The first-order valence-corrected chi connectivity index (χ1v) is 8.79. The molecule has 1 aliphatic heterocycles. The van der Waals surface area contributed by atoms with Crippen molar-refractivity contribution in [3.63, 3.8) is 0 Å². The molecule has 0 aliphatic carbocycles. The number of nitrogens with one attached hydrogen (secondary N) is 1. The predicted octanol–water partition coefficient (Wildman–Crippen LogP) is 2.48. The van der Waals surface area contributed by atoms with Gasteiger partial charge in [0.15, 0.2) is 0 Å². The summed E-state index contributed by atoms with van der Waals surface area (Å²) in [7, 11) is 0. The SMILES string of the molecule is CCOCCC(=O)NC1CC(=O)N(Cc2cccc3ccccc23)C1. The number of hydrogen-bond acceptors (Lipinski definition) is 3. The van der Waals surface area contributed by atoms with Crippen LogP contribution in [0.15, 0.2) is 42.5 Å².